The molecule has 0 amide bonds. The largest absolute Gasteiger partial charge is 0.463 e. The number of nitrogens with zero attached hydrogens (tertiary/aromatic N) is 3. The average Bonchev–Trinajstić information content (AvgIpc) is 3.19. The molecule has 0 unspecified atom stereocenters. The number of esters is 3. The van der Waals surface area contributed by atoms with E-state index < -0.39 is 48.0 Å². The number of carbonyl (C=O) groups excluding carboxylic acids is 3. The molecule has 0 radical (unpaired) electrons. The lowest BCUT2D eigenvalue weighted by atomic mass is 10.1. The molecule has 30 heavy (non-hydrogen) atoms. The number of nitriles is 1. The second-order valence-corrected chi connectivity index (χ2v) is 6.51. The maximum Gasteiger partial charge on any atom is 0.303 e. The van der Waals surface area contributed by atoms with Gasteiger partial charge in [-0.2, -0.15) is 5.26 Å². The van der Waals surface area contributed by atoms with Gasteiger partial charge in [0.15, 0.2) is 24.1 Å². The molecule has 1 aliphatic heterocycles. The third-order valence-corrected chi connectivity index (χ3v) is 4.35. The zero-order valence-corrected chi connectivity index (χ0v) is 16.3. The van der Waals surface area contributed by atoms with Crippen LogP contribution in [0.4, 0.5) is 0 Å². The molecule has 1 saturated heterocycles. The average molecular weight is 418 g/mol. The Kier molecular flexibility index (Phi) is 5.84. The molecule has 0 aliphatic carbocycles. The number of hydrogen-bond acceptors (Lipinski definition) is 10. The summed E-state index contributed by atoms with van der Waals surface area (Å²) in [6.07, 6.45) is -1.88. The first-order valence-electron chi connectivity index (χ1n) is 8.84. The maximum atomic E-state index is 12.2. The maximum absolute atomic E-state index is 12.2. The second kappa shape index (κ2) is 8.34. The quantitative estimate of drug-likeness (QED) is 0.513. The van der Waals surface area contributed by atoms with Crippen molar-refractivity contribution in [1.29, 1.82) is 5.26 Å². The van der Waals surface area contributed by atoms with Gasteiger partial charge in [-0.3, -0.25) is 19.2 Å². The molecule has 0 spiro atoms. The molecule has 12 heteroatoms. The van der Waals surface area contributed by atoms with Gasteiger partial charge in [-0.05, 0) is 0 Å². The van der Waals surface area contributed by atoms with Gasteiger partial charge in [0.1, 0.15) is 24.2 Å². The molecule has 2 aromatic rings. The molecule has 0 bridgehead atoms. The fourth-order valence-corrected chi connectivity index (χ4v) is 3.29. The van der Waals surface area contributed by atoms with Crippen LogP contribution in [0.2, 0.25) is 0 Å². The van der Waals surface area contributed by atoms with Crippen molar-refractivity contribution in [2.75, 3.05) is 6.61 Å². The van der Waals surface area contributed by atoms with Gasteiger partial charge in [-0.25, -0.2) is 4.98 Å². The van der Waals surface area contributed by atoms with Crippen molar-refractivity contribution < 1.29 is 33.3 Å². The molecule has 3 heterocycles. The van der Waals surface area contributed by atoms with Gasteiger partial charge < -0.3 is 28.5 Å². The van der Waals surface area contributed by atoms with Gasteiger partial charge in [0.05, 0.1) is 11.9 Å². The molecule has 3 rings (SSSR count). The number of rotatable bonds is 5. The zero-order chi connectivity index (χ0) is 22.0. The second-order valence-electron chi connectivity index (χ2n) is 6.51. The van der Waals surface area contributed by atoms with E-state index in [0.29, 0.717) is 0 Å². The molecule has 0 saturated carbocycles. The van der Waals surface area contributed by atoms with E-state index in [9.17, 15) is 24.4 Å². The molecular weight excluding hydrogens is 400 g/mol. The number of aromatic amines is 1. The standard InChI is InChI=1S/C18H18N4O8/c1-8(23)27-6-12-14(28-9(2)24)15(29-10(3)25)18(30-12)22-5-11(4-19)13-16(22)20-7-21-17(13)26/h5,7,12,14-15,18H,6H2,1-3H3,(H,20,21,26)/t12-,14-,15-,18-/m1/s1. The molecule has 1 N–H and O–H groups in total. The topological polar surface area (TPSA) is 163 Å². The van der Waals surface area contributed by atoms with E-state index in [2.05, 4.69) is 9.97 Å². The summed E-state index contributed by atoms with van der Waals surface area (Å²) in [6.45, 7) is 3.26. The summed E-state index contributed by atoms with van der Waals surface area (Å²) in [5.41, 5.74) is -0.408. The Morgan fingerprint density at radius 1 is 1.20 bits per heavy atom. The molecule has 4 atom stereocenters. The number of aromatic nitrogens is 3. The molecule has 1 aliphatic rings. The van der Waals surface area contributed by atoms with Crippen molar-refractivity contribution in [3.05, 3.63) is 28.4 Å². The van der Waals surface area contributed by atoms with Gasteiger partial charge in [0, 0.05) is 27.0 Å². The third-order valence-electron chi connectivity index (χ3n) is 4.35. The molecule has 1 fully saturated rings. The monoisotopic (exact) mass is 418 g/mol. The molecular formula is C18H18N4O8. The van der Waals surface area contributed by atoms with E-state index in [0.717, 1.165) is 6.33 Å². The Bertz CT molecular complexity index is 1100. The minimum absolute atomic E-state index is 0.0250. The van der Waals surface area contributed by atoms with Crippen molar-refractivity contribution in [3.63, 3.8) is 0 Å². The van der Waals surface area contributed by atoms with Crippen molar-refractivity contribution in [2.24, 2.45) is 0 Å². The van der Waals surface area contributed by atoms with Crippen LogP contribution in [-0.2, 0) is 33.3 Å². The van der Waals surface area contributed by atoms with Crippen LogP contribution in [0.1, 0.15) is 32.6 Å². The summed E-state index contributed by atoms with van der Waals surface area (Å²) in [6, 6.07) is 1.91. The highest BCUT2D eigenvalue weighted by Crippen LogP contribution is 2.36. The Hall–Kier alpha value is -3.72. The fourth-order valence-electron chi connectivity index (χ4n) is 3.29. The van der Waals surface area contributed by atoms with Gasteiger partial charge in [0.2, 0.25) is 0 Å². The number of hydrogen-bond donors (Lipinski definition) is 1. The minimum atomic E-state index is -1.16. The Labute approximate surface area is 169 Å². The van der Waals surface area contributed by atoms with Crippen molar-refractivity contribution in [1.82, 2.24) is 14.5 Å². The Morgan fingerprint density at radius 2 is 1.87 bits per heavy atom. The van der Waals surface area contributed by atoms with Gasteiger partial charge in [-0.1, -0.05) is 0 Å². The van der Waals surface area contributed by atoms with Crippen LogP contribution in [-0.4, -0.2) is 57.4 Å². The summed E-state index contributed by atoms with van der Waals surface area (Å²) in [5, 5.41) is 9.42. The van der Waals surface area contributed by atoms with Crippen LogP contribution in [0.25, 0.3) is 11.0 Å². The summed E-state index contributed by atoms with van der Waals surface area (Å²) < 4.78 is 22.9. The molecule has 158 valence electrons. The smallest absolute Gasteiger partial charge is 0.303 e. The van der Waals surface area contributed by atoms with Gasteiger partial charge in [-0.15, -0.1) is 0 Å². The molecule has 12 nitrogen and oxygen atoms in total. The van der Waals surface area contributed by atoms with E-state index in [1.54, 1.807) is 0 Å². The van der Waals surface area contributed by atoms with Crippen molar-refractivity contribution >= 4 is 28.9 Å². The number of fused-ring (bicyclic) bond motifs is 1. The lowest BCUT2D eigenvalue weighted by Gasteiger charge is -2.24. The predicted molar refractivity (Wildman–Crippen MR) is 96.7 cm³/mol. The highest BCUT2D eigenvalue weighted by molar-refractivity contribution is 5.82. The number of ether oxygens (including phenoxy) is 4. The highest BCUT2D eigenvalue weighted by atomic mass is 16.7. The van der Waals surface area contributed by atoms with Crippen molar-refractivity contribution in [3.8, 4) is 6.07 Å². The van der Waals surface area contributed by atoms with Gasteiger partial charge >= 0.3 is 17.9 Å². The van der Waals surface area contributed by atoms with E-state index in [1.165, 1.54) is 31.5 Å². The molecule has 2 aromatic heterocycles. The van der Waals surface area contributed by atoms with Crippen LogP contribution >= 0.6 is 0 Å². The molecule has 0 aromatic carbocycles. The number of H-pyrrole nitrogens is 1. The number of carbonyl (C=O) groups is 3. The predicted octanol–water partition coefficient (Wildman–Crippen LogP) is -0.0798. The zero-order valence-electron chi connectivity index (χ0n) is 16.3. The van der Waals surface area contributed by atoms with Crippen LogP contribution in [0, 0.1) is 11.3 Å². The first-order valence-corrected chi connectivity index (χ1v) is 8.84. The highest BCUT2D eigenvalue weighted by Gasteiger charge is 2.51. The third kappa shape index (κ3) is 4.01. The Balaban J connectivity index is 2.11. The first kappa shape index (κ1) is 21.0. The first-order chi connectivity index (χ1) is 14.2. The van der Waals surface area contributed by atoms with Crippen LogP contribution < -0.4 is 5.56 Å². The minimum Gasteiger partial charge on any atom is -0.463 e. The lowest BCUT2D eigenvalue weighted by Crippen LogP contribution is -2.40. The summed E-state index contributed by atoms with van der Waals surface area (Å²) in [4.78, 5) is 53.3. The summed E-state index contributed by atoms with van der Waals surface area (Å²) in [5.74, 6) is -1.93. The Morgan fingerprint density at radius 3 is 2.47 bits per heavy atom. The van der Waals surface area contributed by atoms with E-state index in [4.69, 9.17) is 18.9 Å². The SMILES string of the molecule is CC(=O)OC[C@H]1O[C@@H](n2cc(C#N)c3c(=O)[nH]cnc32)[C@H](OC(C)=O)[C@@H]1OC(C)=O. The fraction of sp³-hybridized carbons (Fsp3) is 0.444. The van der Waals surface area contributed by atoms with Crippen LogP contribution in [0.3, 0.4) is 0 Å². The van der Waals surface area contributed by atoms with E-state index >= 15 is 0 Å². The summed E-state index contributed by atoms with van der Waals surface area (Å²) >= 11 is 0. The van der Waals surface area contributed by atoms with Crippen molar-refractivity contribution in [2.45, 2.75) is 45.3 Å². The lowest BCUT2D eigenvalue weighted by molar-refractivity contribution is -0.166. The van der Waals surface area contributed by atoms with Gasteiger partial charge in [0.25, 0.3) is 5.56 Å². The number of nitrogens with one attached hydrogen (secondary N) is 1. The van der Waals surface area contributed by atoms with Crippen LogP contribution in [0.15, 0.2) is 17.3 Å². The summed E-state index contributed by atoms with van der Waals surface area (Å²) in [7, 11) is 0. The van der Waals surface area contributed by atoms with E-state index in [-0.39, 0.29) is 23.2 Å². The van der Waals surface area contributed by atoms with E-state index in [1.807, 2.05) is 6.07 Å². The normalized spacial score (nSPS) is 23.0. The van der Waals surface area contributed by atoms with Crippen LogP contribution in [0.5, 0.6) is 0 Å².